The fourth-order valence-corrected chi connectivity index (χ4v) is 2.61. The highest BCUT2D eigenvalue weighted by molar-refractivity contribution is 5.48. The van der Waals surface area contributed by atoms with Gasteiger partial charge in [0.1, 0.15) is 5.82 Å². The van der Waals surface area contributed by atoms with E-state index in [-0.39, 0.29) is 11.9 Å². The highest BCUT2D eigenvalue weighted by atomic mass is 19.1. The number of rotatable bonds is 2. The van der Waals surface area contributed by atoms with Crippen LogP contribution in [0.5, 0.6) is 0 Å². The molecule has 1 aromatic carbocycles. The molecule has 102 valence electrons. The van der Waals surface area contributed by atoms with Crippen molar-refractivity contribution in [1.29, 1.82) is 5.26 Å². The van der Waals surface area contributed by atoms with Crippen molar-refractivity contribution in [2.75, 3.05) is 25.0 Å². The Kier molecular flexibility index (Phi) is 4.39. The van der Waals surface area contributed by atoms with Crippen molar-refractivity contribution < 1.29 is 4.39 Å². The Morgan fingerprint density at radius 1 is 1.47 bits per heavy atom. The Balaban J connectivity index is 2.27. The molecule has 0 spiro atoms. The highest BCUT2D eigenvalue weighted by Gasteiger charge is 2.26. The summed E-state index contributed by atoms with van der Waals surface area (Å²) in [5.41, 5.74) is 0.878. The number of benzene rings is 1. The lowest BCUT2D eigenvalue weighted by Gasteiger charge is -2.31. The van der Waals surface area contributed by atoms with Crippen molar-refractivity contribution in [2.45, 2.75) is 31.8 Å². The maximum Gasteiger partial charge on any atom is 0.125 e. The largest absolute Gasteiger partial charge is 0.366 e. The van der Waals surface area contributed by atoms with E-state index >= 15 is 0 Å². The van der Waals surface area contributed by atoms with Crippen molar-refractivity contribution in [3.05, 3.63) is 30.1 Å². The van der Waals surface area contributed by atoms with Gasteiger partial charge in [-0.3, -0.25) is 0 Å². The summed E-state index contributed by atoms with van der Waals surface area (Å²) in [4.78, 5) is 4.45. The van der Waals surface area contributed by atoms with E-state index in [2.05, 4.69) is 29.8 Å². The molecule has 2 rings (SSSR count). The second-order valence-corrected chi connectivity index (χ2v) is 5.27. The van der Waals surface area contributed by atoms with Gasteiger partial charge in [-0.15, -0.1) is 0 Å². The monoisotopic (exact) mass is 261 g/mol. The summed E-state index contributed by atoms with van der Waals surface area (Å²) < 4.78 is 13.4. The molecular formula is C15H20FN3. The van der Waals surface area contributed by atoms with Gasteiger partial charge >= 0.3 is 0 Å². The zero-order chi connectivity index (χ0) is 13.8. The second kappa shape index (κ2) is 6.03. The van der Waals surface area contributed by atoms with Gasteiger partial charge in [0.05, 0.1) is 18.5 Å². The number of nitriles is 1. The van der Waals surface area contributed by atoms with Crippen LogP contribution in [0.1, 0.15) is 19.8 Å². The molecule has 0 radical (unpaired) electrons. The van der Waals surface area contributed by atoms with Crippen LogP contribution in [0.3, 0.4) is 0 Å². The Morgan fingerprint density at radius 2 is 2.26 bits per heavy atom. The summed E-state index contributed by atoms with van der Waals surface area (Å²) in [7, 11) is 2.09. The first-order valence-electron chi connectivity index (χ1n) is 6.71. The summed E-state index contributed by atoms with van der Waals surface area (Å²) in [6.45, 7) is 3.89. The van der Waals surface area contributed by atoms with Gasteiger partial charge in [-0.2, -0.15) is 5.26 Å². The lowest BCUT2D eigenvalue weighted by Crippen LogP contribution is -2.40. The van der Waals surface area contributed by atoms with Gasteiger partial charge in [-0.25, -0.2) is 4.39 Å². The molecule has 0 bridgehead atoms. The molecule has 0 aromatic heterocycles. The number of halogens is 1. The van der Waals surface area contributed by atoms with Gasteiger partial charge in [0, 0.05) is 24.8 Å². The minimum Gasteiger partial charge on any atom is -0.366 e. The number of likely N-dealkylation sites (N-methyl/N-ethyl adjacent to an activating group) is 1. The van der Waals surface area contributed by atoms with E-state index < -0.39 is 0 Å². The number of anilines is 1. The van der Waals surface area contributed by atoms with Gasteiger partial charge in [-0.1, -0.05) is 6.07 Å². The first-order chi connectivity index (χ1) is 9.11. The van der Waals surface area contributed by atoms with Crippen molar-refractivity contribution in [3.63, 3.8) is 0 Å². The summed E-state index contributed by atoms with van der Waals surface area (Å²) in [6, 6.07) is 9.52. The Labute approximate surface area is 114 Å². The van der Waals surface area contributed by atoms with Gasteiger partial charge in [0.2, 0.25) is 0 Å². The van der Waals surface area contributed by atoms with Gasteiger partial charge < -0.3 is 9.80 Å². The maximum absolute atomic E-state index is 13.4. The average molecular weight is 261 g/mol. The highest BCUT2D eigenvalue weighted by Crippen LogP contribution is 2.24. The second-order valence-electron chi connectivity index (χ2n) is 5.27. The minimum absolute atomic E-state index is 0.127. The normalized spacial score (nSPS) is 24.8. The molecule has 19 heavy (non-hydrogen) atoms. The topological polar surface area (TPSA) is 30.3 Å². The third-order valence-electron chi connectivity index (χ3n) is 3.95. The Hall–Kier alpha value is -1.60. The van der Waals surface area contributed by atoms with Gasteiger partial charge in [0.15, 0.2) is 0 Å². The number of hydrogen-bond donors (Lipinski definition) is 0. The molecule has 1 heterocycles. The molecule has 3 nitrogen and oxygen atoms in total. The lowest BCUT2D eigenvalue weighted by molar-refractivity contribution is 0.255. The molecule has 1 saturated heterocycles. The summed E-state index contributed by atoms with van der Waals surface area (Å²) in [5, 5.41) is 9.01. The molecule has 1 aliphatic heterocycles. The van der Waals surface area contributed by atoms with Crippen molar-refractivity contribution in [1.82, 2.24) is 4.90 Å². The van der Waals surface area contributed by atoms with Crippen LogP contribution in [-0.2, 0) is 0 Å². The van der Waals surface area contributed by atoms with E-state index in [0.29, 0.717) is 12.5 Å². The van der Waals surface area contributed by atoms with Gasteiger partial charge in [0.25, 0.3) is 0 Å². The fraction of sp³-hybridized carbons (Fsp3) is 0.533. The molecule has 0 amide bonds. The zero-order valence-electron chi connectivity index (χ0n) is 11.5. The molecule has 2 atom stereocenters. The van der Waals surface area contributed by atoms with Gasteiger partial charge in [-0.05, 0) is 38.6 Å². The van der Waals surface area contributed by atoms with Crippen LogP contribution in [0.2, 0.25) is 0 Å². The van der Waals surface area contributed by atoms with E-state index in [9.17, 15) is 4.39 Å². The predicted octanol–water partition coefficient (Wildman–Crippen LogP) is 2.64. The lowest BCUT2D eigenvalue weighted by atomic mass is 10.1. The Morgan fingerprint density at radius 3 is 2.95 bits per heavy atom. The molecule has 1 fully saturated rings. The van der Waals surface area contributed by atoms with Crippen LogP contribution in [-0.4, -0.2) is 37.1 Å². The summed E-state index contributed by atoms with van der Waals surface area (Å²) in [6.07, 6.45) is 1.49. The van der Waals surface area contributed by atoms with Crippen molar-refractivity contribution in [2.24, 2.45) is 0 Å². The smallest absolute Gasteiger partial charge is 0.125 e. The average Bonchev–Trinajstić information content (AvgIpc) is 2.51. The number of nitrogens with zero attached hydrogens (tertiary/aromatic N) is 3. The van der Waals surface area contributed by atoms with Crippen LogP contribution in [0.25, 0.3) is 0 Å². The van der Waals surface area contributed by atoms with Crippen molar-refractivity contribution >= 4 is 5.69 Å². The quantitative estimate of drug-likeness (QED) is 0.820. The first kappa shape index (κ1) is 13.8. The van der Waals surface area contributed by atoms with E-state index in [0.717, 1.165) is 25.2 Å². The van der Waals surface area contributed by atoms with E-state index in [1.807, 2.05) is 6.07 Å². The van der Waals surface area contributed by atoms with Crippen LogP contribution in [0.4, 0.5) is 10.1 Å². The van der Waals surface area contributed by atoms with E-state index in [4.69, 9.17) is 5.26 Å². The SMILES string of the molecule is CC1CCN(c2cccc(F)c2)C(CC#N)CN1C. The Bertz CT molecular complexity index is 469. The van der Waals surface area contributed by atoms with E-state index in [1.54, 1.807) is 12.1 Å². The van der Waals surface area contributed by atoms with Crippen molar-refractivity contribution in [3.8, 4) is 6.07 Å². The summed E-state index contributed by atoms with van der Waals surface area (Å²) >= 11 is 0. The van der Waals surface area contributed by atoms with Crippen LogP contribution in [0.15, 0.2) is 24.3 Å². The van der Waals surface area contributed by atoms with E-state index in [1.165, 1.54) is 6.07 Å². The number of hydrogen-bond acceptors (Lipinski definition) is 3. The minimum atomic E-state index is -0.223. The maximum atomic E-state index is 13.4. The van der Waals surface area contributed by atoms with Crippen LogP contribution < -0.4 is 4.90 Å². The molecule has 0 N–H and O–H groups in total. The molecule has 1 aromatic rings. The van der Waals surface area contributed by atoms with Crippen LogP contribution >= 0.6 is 0 Å². The molecule has 2 unspecified atom stereocenters. The van der Waals surface area contributed by atoms with Crippen LogP contribution in [0, 0.1) is 17.1 Å². The molecule has 0 saturated carbocycles. The molecule has 1 aliphatic rings. The third kappa shape index (κ3) is 3.24. The molecule has 0 aliphatic carbocycles. The first-order valence-corrected chi connectivity index (χ1v) is 6.71. The standard InChI is InChI=1S/C15H20FN3/c1-12-7-9-19(14-5-3-4-13(16)10-14)15(6-8-17)11-18(12)2/h3-5,10,12,15H,6-7,9,11H2,1-2H3. The molecular weight excluding hydrogens is 241 g/mol. The molecule has 4 heteroatoms. The third-order valence-corrected chi connectivity index (χ3v) is 3.95. The zero-order valence-corrected chi connectivity index (χ0v) is 11.5. The predicted molar refractivity (Wildman–Crippen MR) is 74.5 cm³/mol. The summed E-state index contributed by atoms with van der Waals surface area (Å²) in [5.74, 6) is -0.223. The fourth-order valence-electron chi connectivity index (χ4n) is 2.61.